The Hall–Kier alpha value is -1.20. The van der Waals surface area contributed by atoms with Gasteiger partial charge < -0.3 is 0 Å². The molecule has 84 valence electrons. The van der Waals surface area contributed by atoms with Gasteiger partial charge in [0.25, 0.3) is 9.05 Å². The Morgan fingerprint density at radius 3 is 2.69 bits per heavy atom. The van der Waals surface area contributed by atoms with Crippen LogP contribution < -0.4 is 0 Å². The van der Waals surface area contributed by atoms with Crippen molar-refractivity contribution in [2.75, 3.05) is 0 Å². The Labute approximate surface area is 96.3 Å². The predicted molar refractivity (Wildman–Crippen MR) is 59.5 cm³/mol. The molecule has 6 heteroatoms. The van der Waals surface area contributed by atoms with Gasteiger partial charge in [-0.05, 0) is 24.6 Å². The van der Waals surface area contributed by atoms with Crippen LogP contribution in [0.5, 0.6) is 0 Å². The second-order valence-electron chi connectivity index (χ2n) is 3.36. The normalized spacial score (nSPS) is 11.9. The van der Waals surface area contributed by atoms with Gasteiger partial charge in [-0.2, -0.15) is 0 Å². The molecule has 0 saturated carbocycles. The minimum atomic E-state index is -3.89. The van der Waals surface area contributed by atoms with Crippen LogP contribution in [0.2, 0.25) is 0 Å². The van der Waals surface area contributed by atoms with E-state index >= 15 is 0 Å². The van der Waals surface area contributed by atoms with Crippen molar-refractivity contribution >= 4 is 30.5 Å². The zero-order valence-corrected chi connectivity index (χ0v) is 9.81. The molecule has 0 unspecified atom stereocenters. The maximum absolute atomic E-state index is 13.7. The van der Waals surface area contributed by atoms with Crippen LogP contribution in [-0.2, 0) is 9.05 Å². The molecule has 0 aliphatic carbocycles. The quantitative estimate of drug-likeness (QED) is 0.740. The minimum absolute atomic E-state index is 0.0922. The fraction of sp³-hybridized carbons (Fsp3) is 0.100. The second kappa shape index (κ2) is 3.68. The summed E-state index contributed by atoms with van der Waals surface area (Å²) in [5.41, 5.74) is 0.222. The highest BCUT2D eigenvalue weighted by atomic mass is 35.7. The first-order valence-electron chi connectivity index (χ1n) is 4.39. The number of halogens is 2. The Kier molecular flexibility index (Phi) is 2.59. The van der Waals surface area contributed by atoms with Gasteiger partial charge in [-0.1, -0.05) is 0 Å². The molecule has 3 nitrogen and oxygen atoms in total. The lowest BCUT2D eigenvalue weighted by molar-refractivity contribution is 0.609. The van der Waals surface area contributed by atoms with Crippen LogP contribution in [-0.4, -0.2) is 13.4 Å². The van der Waals surface area contributed by atoms with Gasteiger partial charge in [-0.3, -0.25) is 4.98 Å². The van der Waals surface area contributed by atoms with E-state index in [2.05, 4.69) is 4.98 Å². The Morgan fingerprint density at radius 2 is 2.06 bits per heavy atom. The van der Waals surface area contributed by atoms with Crippen LogP contribution in [0, 0.1) is 12.7 Å². The number of benzene rings is 1. The van der Waals surface area contributed by atoms with Crippen molar-refractivity contribution in [3.8, 4) is 0 Å². The molecule has 0 atom stereocenters. The zero-order valence-electron chi connectivity index (χ0n) is 8.24. The smallest absolute Gasteiger partial charge is 0.261 e. The van der Waals surface area contributed by atoms with Crippen molar-refractivity contribution < 1.29 is 12.8 Å². The standard InChI is InChI=1S/C10H7ClFNO2S/c1-6-4-9(16(11,14)15)7-2-3-13-5-8(7)10(6)12/h2-5H,1H3. The molecule has 0 radical (unpaired) electrons. The number of hydrogen-bond donors (Lipinski definition) is 0. The van der Waals surface area contributed by atoms with Gasteiger partial charge in [0.2, 0.25) is 0 Å². The maximum atomic E-state index is 13.7. The van der Waals surface area contributed by atoms with Crippen molar-refractivity contribution in [3.05, 3.63) is 35.9 Å². The highest BCUT2D eigenvalue weighted by molar-refractivity contribution is 8.14. The summed E-state index contributed by atoms with van der Waals surface area (Å²) in [5, 5.41) is 0.398. The summed E-state index contributed by atoms with van der Waals surface area (Å²) >= 11 is 0. The van der Waals surface area contributed by atoms with Crippen molar-refractivity contribution in [3.63, 3.8) is 0 Å². The summed E-state index contributed by atoms with van der Waals surface area (Å²) in [6.07, 6.45) is 2.67. The van der Waals surface area contributed by atoms with Gasteiger partial charge in [0.15, 0.2) is 0 Å². The van der Waals surface area contributed by atoms with Crippen LogP contribution in [0.1, 0.15) is 5.56 Å². The molecule has 1 aromatic carbocycles. The van der Waals surface area contributed by atoms with Gasteiger partial charge in [0, 0.05) is 33.8 Å². The number of aryl methyl sites for hydroxylation is 1. The highest BCUT2D eigenvalue weighted by Gasteiger charge is 2.18. The third-order valence-electron chi connectivity index (χ3n) is 2.28. The van der Waals surface area contributed by atoms with E-state index in [1.165, 1.54) is 31.5 Å². The third-order valence-corrected chi connectivity index (χ3v) is 3.64. The predicted octanol–water partition coefficient (Wildman–Crippen LogP) is 2.61. The molecule has 2 rings (SSSR count). The molecule has 0 N–H and O–H groups in total. The van der Waals surface area contributed by atoms with Crippen LogP contribution in [0.25, 0.3) is 10.8 Å². The van der Waals surface area contributed by atoms with E-state index in [4.69, 9.17) is 10.7 Å². The average molecular weight is 260 g/mol. The zero-order chi connectivity index (χ0) is 11.9. The second-order valence-corrected chi connectivity index (χ2v) is 5.90. The number of pyridine rings is 1. The number of nitrogens with zero attached hydrogens (tertiary/aromatic N) is 1. The van der Waals surface area contributed by atoms with Crippen molar-refractivity contribution in [1.82, 2.24) is 4.98 Å². The van der Waals surface area contributed by atoms with Gasteiger partial charge in [0.1, 0.15) is 5.82 Å². The lowest BCUT2D eigenvalue weighted by atomic mass is 10.1. The molecule has 0 fully saturated rings. The first kappa shape index (κ1) is 11.3. The highest BCUT2D eigenvalue weighted by Crippen LogP contribution is 2.29. The first-order chi connectivity index (χ1) is 7.41. The fourth-order valence-electron chi connectivity index (χ4n) is 1.54. The summed E-state index contributed by atoms with van der Waals surface area (Å²) in [5.74, 6) is -0.479. The van der Waals surface area contributed by atoms with Gasteiger partial charge in [0.05, 0.1) is 4.90 Å². The van der Waals surface area contributed by atoms with E-state index in [1.807, 2.05) is 0 Å². The fourth-order valence-corrected chi connectivity index (χ4v) is 2.68. The molecular formula is C10H7ClFNO2S. The van der Waals surface area contributed by atoms with Crippen molar-refractivity contribution in [2.24, 2.45) is 0 Å². The van der Waals surface area contributed by atoms with Crippen LogP contribution in [0.15, 0.2) is 29.4 Å². The van der Waals surface area contributed by atoms with E-state index in [1.54, 1.807) is 0 Å². The minimum Gasteiger partial charge on any atom is -0.264 e. The van der Waals surface area contributed by atoms with Crippen LogP contribution in [0.3, 0.4) is 0 Å². The molecule has 0 bridgehead atoms. The molecule has 1 aromatic heterocycles. The first-order valence-corrected chi connectivity index (χ1v) is 6.69. The van der Waals surface area contributed by atoms with Crippen LogP contribution >= 0.6 is 10.7 Å². The van der Waals surface area contributed by atoms with E-state index in [0.717, 1.165) is 0 Å². The monoisotopic (exact) mass is 259 g/mol. The lowest BCUT2D eigenvalue weighted by Crippen LogP contribution is -1.97. The van der Waals surface area contributed by atoms with Gasteiger partial charge in [-0.25, -0.2) is 12.8 Å². The van der Waals surface area contributed by atoms with Gasteiger partial charge in [-0.15, -0.1) is 0 Å². The van der Waals surface area contributed by atoms with Gasteiger partial charge >= 0.3 is 0 Å². The van der Waals surface area contributed by atoms with Crippen molar-refractivity contribution in [1.29, 1.82) is 0 Å². The molecule has 0 aliphatic rings. The van der Waals surface area contributed by atoms with E-state index in [-0.39, 0.29) is 21.2 Å². The Morgan fingerprint density at radius 1 is 1.38 bits per heavy atom. The molecule has 2 aromatic rings. The summed E-state index contributed by atoms with van der Waals surface area (Å²) in [6.45, 7) is 1.48. The topological polar surface area (TPSA) is 47.0 Å². The molecule has 1 heterocycles. The summed E-state index contributed by atoms with van der Waals surface area (Å²) < 4.78 is 36.4. The number of fused-ring (bicyclic) bond motifs is 1. The van der Waals surface area contributed by atoms with E-state index in [9.17, 15) is 12.8 Å². The summed E-state index contributed by atoms with van der Waals surface area (Å²) in [7, 11) is 1.40. The molecule has 0 saturated heterocycles. The molecular weight excluding hydrogens is 253 g/mol. The van der Waals surface area contributed by atoms with Crippen LogP contribution in [0.4, 0.5) is 4.39 Å². The number of aromatic nitrogens is 1. The molecule has 0 spiro atoms. The number of rotatable bonds is 1. The lowest BCUT2D eigenvalue weighted by Gasteiger charge is -2.06. The average Bonchev–Trinajstić information content (AvgIpc) is 2.22. The molecule has 0 aliphatic heterocycles. The SMILES string of the molecule is Cc1cc(S(=O)(=O)Cl)c2ccncc2c1F. The largest absolute Gasteiger partial charge is 0.264 e. The summed E-state index contributed by atoms with van der Waals surface area (Å²) in [4.78, 5) is 3.67. The number of hydrogen-bond acceptors (Lipinski definition) is 3. The third kappa shape index (κ3) is 1.76. The Bertz CT molecular complexity index is 670. The maximum Gasteiger partial charge on any atom is 0.261 e. The molecule has 16 heavy (non-hydrogen) atoms. The Balaban J connectivity index is 3.02. The summed E-state index contributed by atoms with van der Waals surface area (Å²) in [6, 6.07) is 2.65. The van der Waals surface area contributed by atoms with E-state index < -0.39 is 14.9 Å². The van der Waals surface area contributed by atoms with Crippen molar-refractivity contribution in [2.45, 2.75) is 11.8 Å². The molecule has 0 amide bonds. The van der Waals surface area contributed by atoms with E-state index in [0.29, 0.717) is 0 Å².